The predicted octanol–water partition coefficient (Wildman–Crippen LogP) is 6.97. The summed E-state index contributed by atoms with van der Waals surface area (Å²) in [5.74, 6) is 0. The lowest BCUT2D eigenvalue weighted by Crippen LogP contribution is -2.79. The summed E-state index contributed by atoms with van der Waals surface area (Å²) in [6.07, 6.45) is -68.0. The van der Waals surface area contributed by atoms with E-state index in [2.05, 4.69) is 17.7 Å². The van der Waals surface area contributed by atoms with Crippen LogP contribution in [0.2, 0.25) is 0 Å². The van der Waals surface area contributed by atoms with Crippen LogP contribution < -0.4 is 0 Å². The Hall–Kier alpha value is -1.62. The molecule has 0 bridgehead atoms. The molecule has 0 atom stereocenters. The molecule has 0 saturated carbocycles. The molecule has 29 heteroatoms. The van der Waals surface area contributed by atoms with E-state index in [9.17, 15) is 105 Å². The van der Waals surface area contributed by atoms with Crippen molar-refractivity contribution in [1.82, 2.24) is 0 Å². The number of hydrogen-bond donors (Lipinski definition) is 0. The molecule has 0 aromatic carbocycles. The second kappa shape index (κ2) is 8.30. The number of halogens is 24. The highest BCUT2D eigenvalue weighted by molar-refractivity contribution is 6.55. The Morgan fingerprint density at radius 3 is 0.415 bits per heavy atom. The lowest BCUT2D eigenvalue weighted by atomic mass is 9.79. The fourth-order valence-electron chi connectivity index (χ4n) is 3.87. The molecule has 0 aliphatic carbocycles. The maximum absolute atomic E-state index is 13.5. The predicted molar refractivity (Wildman–Crippen MR) is 69.5 cm³/mol. The van der Waals surface area contributed by atoms with E-state index < -0.39 is 80.9 Å². The van der Waals surface area contributed by atoms with E-state index in [1.54, 1.807) is 0 Å². The van der Waals surface area contributed by atoms with E-state index in [1.165, 1.54) is 0 Å². The monoisotopic (exact) mass is 692 g/mol. The van der Waals surface area contributed by atoms with E-state index in [0.29, 0.717) is 0 Å². The van der Waals surface area contributed by atoms with Crippen LogP contribution in [0.5, 0.6) is 0 Å². The maximum atomic E-state index is 13.5. The zero-order chi connectivity index (χ0) is 33.3. The summed E-state index contributed by atoms with van der Waals surface area (Å²) >= 11 is 0. The van der Waals surface area contributed by atoms with Crippen molar-refractivity contribution in [2.45, 2.75) is 71.8 Å². The minimum Gasteiger partial charge on any atom is -0.325 e. The molecule has 0 amide bonds. The summed E-state index contributed by atoms with van der Waals surface area (Å²) < 4.78 is 333. The van der Waals surface area contributed by atoms with Gasteiger partial charge in [0.15, 0.2) is 0 Å². The third-order valence-electron chi connectivity index (χ3n) is 5.30. The average Bonchev–Trinajstić information content (AvgIpc) is 3.12. The Bertz CT molecular complexity index is 794. The van der Waals surface area contributed by atoms with Gasteiger partial charge in [-0.25, -0.2) is 0 Å². The van der Waals surface area contributed by atoms with Crippen LogP contribution in [-0.4, -0.2) is 80.9 Å². The first-order valence-corrected chi connectivity index (χ1v) is 10.3. The van der Waals surface area contributed by atoms with Crippen LogP contribution in [0.25, 0.3) is 0 Å². The first-order chi connectivity index (χ1) is 17.3. The summed E-state index contributed by atoms with van der Waals surface area (Å²) in [6, 6.07) is 0. The van der Waals surface area contributed by atoms with Crippen molar-refractivity contribution >= 4 is 9.05 Å². The van der Waals surface area contributed by atoms with Gasteiger partial charge in [0, 0.05) is 0 Å². The summed E-state index contributed by atoms with van der Waals surface area (Å²) in [6.45, 7) is 0. The second-order valence-corrected chi connectivity index (χ2v) is 9.43. The molecule has 2 saturated heterocycles. The van der Waals surface area contributed by atoms with E-state index in [-0.39, 0.29) is 0 Å². The molecule has 0 N–H and O–H groups in total. The van der Waals surface area contributed by atoms with Gasteiger partial charge in [0.05, 0.1) is 0 Å². The molecular weight excluding hydrogens is 692 g/mol. The van der Waals surface area contributed by atoms with Crippen LogP contribution in [0.1, 0.15) is 0 Å². The van der Waals surface area contributed by atoms with E-state index in [4.69, 9.17) is 0 Å². The lowest BCUT2D eigenvalue weighted by molar-refractivity contribution is -0.464. The van der Waals surface area contributed by atoms with Gasteiger partial charge in [0.2, 0.25) is 0 Å². The number of hydrogen-bond acceptors (Lipinski definition) is 4. The highest BCUT2D eigenvalue weighted by Gasteiger charge is 3.08. The molecule has 2 heterocycles. The SMILES string of the molecule is FC(F)(F)C1(C(F)(F)F)O[Si]2(OC1(C(F)(F)F)C(F)(F)F)OC(C(F)(F)F)(C(F)(F)F)C(C(F)(F)F)(C(F)(F)F)O2. The molecule has 0 aromatic rings. The highest BCUT2D eigenvalue weighted by atomic mass is 28.4. The summed E-state index contributed by atoms with van der Waals surface area (Å²) in [5.41, 5.74) is -33.9. The normalized spacial score (nSPS) is 25.2. The van der Waals surface area contributed by atoms with Crippen molar-refractivity contribution < 1.29 is 123 Å². The van der Waals surface area contributed by atoms with Crippen molar-refractivity contribution in [3.63, 3.8) is 0 Å². The van der Waals surface area contributed by atoms with Gasteiger partial charge in [-0.15, -0.1) is 0 Å². The fraction of sp³-hybridized carbons (Fsp3) is 1.00. The maximum Gasteiger partial charge on any atom is 0.684 e. The number of alkyl halides is 24. The van der Waals surface area contributed by atoms with E-state index >= 15 is 0 Å². The van der Waals surface area contributed by atoms with Crippen molar-refractivity contribution in [2.24, 2.45) is 0 Å². The zero-order valence-electron chi connectivity index (χ0n) is 17.2. The van der Waals surface area contributed by atoms with Crippen LogP contribution in [-0.2, 0) is 17.7 Å². The Morgan fingerprint density at radius 1 is 0.244 bits per heavy atom. The Morgan fingerprint density at radius 2 is 0.341 bits per heavy atom. The minimum absolute atomic E-state index is 2.17. The topological polar surface area (TPSA) is 36.9 Å². The molecule has 2 fully saturated rings. The van der Waals surface area contributed by atoms with Crippen molar-refractivity contribution in [3.05, 3.63) is 0 Å². The van der Waals surface area contributed by atoms with Gasteiger partial charge in [-0.3, -0.25) is 0 Å². The lowest BCUT2D eigenvalue weighted by Gasteiger charge is -2.45. The van der Waals surface area contributed by atoms with Gasteiger partial charge >= 0.3 is 80.9 Å². The van der Waals surface area contributed by atoms with Crippen molar-refractivity contribution in [3.8, 4) is 0 Å². The molecule has 2 rings (SSSR count). The van der Waals surface area contributed by atoms with Gasteiger partial charge in [-0.2, -0.15) is 105 Å². The minimum atomic E-state index is -9.65. The van der Waals surface area contributed by atoms with Crippen LogP contribution in [0.3, 0.4) is 0 Å². The van der Waals surface area contributed by atoms with Crippen molar-refractivity contribution in [1.29, 1.82) is 0 Å². The molecule has 0 radical (unpaired) electrons. The molecule has 4 nitrogen and oxygen atoms in total. The Balaban J connectivity index is 3.35. The third kappa shape index (κ3) is 4.02. The first kappa shape index (κ1) is 35.6. The molecule has 1 spiro atoms. The number of rotatable bonds is 0. The molecular formula is C12F24O4Si. The van der Waals surface area contributed by atoms with E-state index in [0.717, 1.165) is 0 Å². The quantitative estimate of drug-likeness (QED) is 0.203. The van der Waals surface area contributed by atoms with Gasteiger partial charge < -0.3 is 17.7 Å². The molecule has 244 valence electrons. The largest absolute Gasteiger partial charge is 0.684 e. The van der Waals surface area contributed by atoms with Gasteiger partial charge in [-0.05, 0) is 0 Å². The smallest absolute Gasteiger partial charge is 0.325 e. The first-order valence-electron chi connectivity index (χ1n) is 8.67. The Kier molecular flexibility index (Phi) is 7.20. The molecule has 41 heavy (non-hydrogen) atoms. The van der Waals surface area contributed by atoms with Crippen LogP contribution in [0, 0.1) is 0 Å². The van der Waals surface area contributed by atoms with Crippen LogP contribution >= 0.6 is 0 Å². The molecule has 0 aromatic heterocycles. The second-order valence-electron chi connectivity index (χ2n) is 7.62. The zero-order valence-corrected chi connectivity index (χ0v) is 18.2. The third-order valence-corrected chi connectivity index (χ3v) is 7.52. The molecule has 0 unspecified atom stereocenters. The Labute approximate surface area is 205 Å². The fourth-order valence-corrected chi connectivity index (χ4v) is 7.12. The summed E-state index contributed by atoms with van der Waals surface area (Å²) in [7, 11) is -9.65. The van der Waals surface area contributed by atoms with Gasteiger partial charge in [0.1, 0.15) is 0 Å². The molecule has 2 aliphatic rings. The molecule has 2 aliphatic heterocycles. The highest BCUT2D eigenvalue weighted by Crippen LogP contribution is 2.74. The summed E-state index contributed by atoms with van der Waals surface area (Å²) in [4.78, 5) is 0. The van der Waals surface area contributed by atoms with Crippen LogP contribution in [0.4, 0.5) is 105 Å². The standard InChI is InChI=1S/C12F24O4Si/c13-5(14,15)1(6(16,17)18)2(7(19,20)21,8(22,23)24)38-41(37-1)39-3(9(25,26)27,10(28,29)30)4(40-41,11(31,32)33)12(34,35)36. The van der Waals surface area contributed by atoms with E-state index in [1.807, 2.05) is 0 Å². The average molecular weight is 692 g/mol. The van der Waals surface area contributed by atoms with Gasteiger partial charge in [0.25, 0.3) is 0 Å². The van der Waals surface area contributed by atoms with Gasteiger partial charge in [-0.1, -0.05) is 0 Å². The van der Waals surface area contributed by atoms with Crippen LogP contribution in [0.15, 0.2) is 0 Å². The van der Waals surface area contributed by atoms with Crippen molar-refractivity contribution in [2.75, 3.05) is 0 Å². The summed E-state index contributed by atoms with van der Waals surface area (Å²) in [5, 5.41) is 0.